The van der Waals surface area contributed by atoms with Crippen molar-refractivity contribution in [2.75, 3.05) is 30.3 Å². The second-order valence-electron chi connectivity index (χ2n) is 12.1. The van der Waals surface area contributed by atoms with Crippen molar-refractivity contribution in [2.45, 2.75) is 70.0 Å². The summed E-state index contributed by atoms with van der Waals surface area (Å²) in [4.78, 5) is 29.8. The van der Waals surface area contributed by atoms with Gasteiger partial charge in [0.15, 0.2) is 11.5 Å². The van der Waals surface area contributed by atoms with Gasteiger partial charge in [-0.25, -0.2) is 8.42 Å². The van der Waals surface area contributed by atoms with Gasteiger partial charge in [0.05, 0.1) is 22.0 Å². The maximum absolute atomic E-state index is 14.2. The zero-order valence-electron chi connectivity index (χ0n) is 26.5. The van der Waals surface area contributed by atoms with Gasteiger partial charge >= 0.3 is 0 Å². The van der Waals surface area contributed by atoms with Crippen LogP contribution in [0.4, 0.5) is 5.69 Å². The molecule has 1 fully saturated rings. The Morgan fingerprint density at radius 3 is 2.32 bits per heavy atom. The Morgan fingerprint density at radius 1 is 0.894 bits per heavy atom. The van der Waals surface area contributed by atoms with Crippen LogP contribution < -0.4 is 19.1 Å². The molecule has 1 aliphatic carbocycles. The van der Waals surface area contributed by atoms with E-state index in [0.717, 1.165) is 49.5 Å². The van der Waals surface area contributed by atoms with Crippen LogP contribution in [0.2, 0.25) is 10.0 Å². The summed E-state index contributed by atoms with van der Waals surface area (Å²) in [7, 11) is -3.69. The van der Waals surface area contributed by atoms with Crippen LogP contribution in [-0.4, -0.2) is 63.2 Å². The van der Waals surface area contributed by atoms with E-state index in [1.54, 1.807) is 41.3 Å². The van der Waals surface area contributed by atoms with Crippen LogP contribution in [0, 0.1) is 0 Å². The van der Waals surface area contributed by atoms with Crippen LogP contribution in [0.25, 0.3) is 0 Å². The molecule has 0 bridgehead atoms. The summed E-state index contributed by atoms with van der Waals surface area (Å²) in [5.41, 5.74) is 2.07. The molecule has 1 aliphatic heterocycles. The average Bonchev–Trinajstić information content (AvgIpc) is 3.06. The van der Waals surface area contributed by atoms with Crippen molar-refractivity contribution in [3.63, 3.8) is 0 Å². The Morgan fingerprint density at radius 2 is 1.62 bits per heavy atom. The predicted octanol–water partition coefficient (Wildman–Crippen LogP) is 6.40. The first-order chi connectivity index (χ1) is 22.6. The molecule has 3 aromatic carbocycles. The number of nitrogens with zero attached hydrogens (tertiary/aromatic N) is 2. The van der Waals surface area contributed by atoms with Gasteiger partial charge in [0.1, 0.15) is 19.3 Å². The molecule has 0 spiro atoms. The van der Waals surface area contributed by atoms with Crippen LogP contribution in [0.3, 0.4) is 0 Å². The maximum atomic E-state index is 14.2. The lowest BCUT2D eigenvalue weighted by atomic mass is 9.94. The molecule has 0 unspecified atom stereocenters. The number of carbonyl (C=O) groups excluding carboxylic acids is 2. The van der Waals surface area contributed by atoms with Gasteiger partial charge in [0.25, 0.3) is 0 Å². The van der Waals surface area contributed by atoms with E-state index in [1.165, 1.54) is 4.31 Å². The summed E-state index contributed by atoms with van der Waals surface area (Å²) in [5, 5.41) is 3.98. The number of carbonyl (C=O) groups is 2. The highest BCUT2D eigenvalue weighted by Crippen LogP contribution is 2.35. The topological polar surface area (TPSA) is 105 Å². The number of sulfonamides is 1. The smallest absolute Gasteiger partial charge is 0.243 e. The molecule has 252 valence electrons. The van der Waals surface area contributed by atoms with Crippen LogP contribution in [0.15, 0.2) is 66.7 Å². The van der Waals surface area contributed by atoms with Crippen LogP contribution >= 0.6 is 23.2 Å². The summed E-state index contributed by atoms with van der Waals surface area (Å²) < 4.78 is 38.3. The van der Waals surface area contributed by atoms with E-state index in [4.69, 9.17) is 32.7 Å². The molecule has 5 rings (SSSR count). The van der Waals surface area contributed by atoms with E-state index >= 15 is 0 Å². The van der Waals surface area contributed by atoms with Gasteiger partial charge in [-0.2, -0.15) is 0 Å². The molecular formula is C35H41Cl2N3O6S. The van der Waals surface area contributed by atoms with E-state index < -0.39 is 16.1 Å². The molecule has 0 radical (unpaired) electrons. The van der Waals surface area contributed by atoms with E-state index in [-0.39, 0.29) is 43.8 Å². The first-order valence-corrected chi connectivity index (χ1v) is 18.6. The van der Waals surface area contributed by atoms with E-state index in [2.05, 4.69) is 5.32 Å². The third-order valence-corrected chi connectivity index (χ3v) is 10.5. The lowest BCUT2D eigenvalue weighted by Crippen LogP contribution is -2.52. The number of nitrogens with one attached hydrogen (secondary N) is 1. The van der Waals surface area contributed by atoms with Crippen molar-refractivity contribution in [3.8, 4) is 11.5 Å². The number of hydrogen-bond donors (Lipinski definition) is 1. The second-order valence-corrected chi connectivity index (χ2v) is 14.8. The van der Waals surface area contributed by atoms with Crippen molar-refractivity contribution < 1.29 is 27.5 Å². The van der Waals surface area contributed by atoms with Crippen molar-refractivity contribution in [1.29, 1.82) is 0 Å². The van der Waals surface area contributed by atoms with Crippen molar-refractivity contribution in [2.24, 2.45) is 0 Å². The fraction of sp³-hybridized carbons (Fsp3) is 0.429. The van der Waals surface area contributed by atoms with E-state index in [1.807, 2.05) is 30.3 Å². The van der Waals surface area contributed by atoms with E-state index in [0.29, 0.717) is 46.9 Å². The monoisotopic (exact) mass is 701 g/mol. The third-order valence-electron chi connectivity index (χ3n) is 8.53. The molecule has 0 aromatic heterocycles. The first kappa shape index (κ1) is 34.9. The number of ether oxygens (including phenoxy) is 2. The number of anilines is 1. The molecule has 3 aromatic rings. The molecule has 1 saturated carbocycles. The number of hydrogen-bond acceptors (Lipinski definition) is 6. The number of fused-ring (bicyclic) bond motifs is 1. The molecule has 1 heterocycles. The van der Waals surface area contributed by atoms with Crippen molar-refractivity contribution >= 4 is 50.7 Å². The van der Waals surface area contributed by atoms with Gasteiger partial charge in [0.2, 0.25) is 21.8 Å². The lowest BCUT2D eigenvalue weighted by molar-refractivity contribution is -0.141. The standard InChI is InChI=1S/C35H41Cl2N3O6S/c1-47(43,44)40(28-15-17-32-33(23-28)46-20-19-45-32)18-8-13-34(41)39(24-26-14-16-29(36)30(37)21-26)31(22-25-9-4-2-5-10-25)35(42)38-27-11-6-3-7-12-27/h2,4-5,9-10,14-17,21,23,27,31H,3,6-8,11-13,18-20,22,24H2,1H3,(H,38,42)/t31-/m1/s1. The second kappa shape index (κ2) is 16.1. The SMILES string of the molecule is CS(=O)(=O)N(CCCC(=O)N(Cc1ccc(Cl)c(Cl)c1)[C@H](Cc1ccccc1)C(=O)NC1CCCCC1)c1ccc2c(c1)OCCO2. The normalized spacial score (nSPS) is 15.5. The Hall–Kier alpha value is -3.47. The Bertz CT molecular complexity index is 1650. The largest absolute Gasteiger partial charge is 0.486 e. The molecular weight excluding hydrogens is 661 g/mol. The summed E-state index contributed by atoms with van der Waals surface area (Å²) in [5.74, 6) is 0.547. The van der Waals surface area contributed by atoms with Gasteiger partial charge in [-0.15, -0.1) is 0 Å². The van der Waals surface area contributed by atoms with Gasteiger partial charge in [-0.05, 0) is 54.7 Å². The van der Waals surface area contributed by atoms with Crippen molar-refractivity contribution in [1.82, 2.24) is 10.2 Å². The summed E-state index contributed by atoms with van der Waals surface area (Å²) in [6.07, 6.45) is 6.77. The highest BCUT2D eigenvalue weighted by molar-refractivity contribution is 7.92. The Labute approximate surface area is 287 Å². The third kappa shape index (κ3) is 9.55. The fourth-order valence-corrected chi connectivity index (χ4v) is 7.40. The molecule has 1 atom stereocenters. The zero-order chi connectivity index (χ0) is 33.4. The predicted molar refractivity (Wildman–Crippen MR) is 185 cm³/mol. The van der Waals surface area contributed by atoms with Gasteiger partial charge in [-0.3, -0.25) is 13.9 Å². The number of halogens is 2. The summed E-state index contributed by atoms with van der Waals surface area (Å²) in [6, 6.07) is 19.0. The summed E-state index contributed by atoms with van der Waals surface area (Å²) >= 11 is 12.5. The van der Waals surface area contributed by atoms with Crippen LogP contribution in [0.5, 0.6) is 11.5 Å². The minimum Gasteiger partial charge on any atom is -0.486 e. The Balaban J connectivity index is 1.39. The van der Waals surface area contributed by atoms with Crippen LogP contribution in [0.1, 0.15) is 56.1 Å². The highest BCUT2D eigenvalue weighted by Gasteiger charge is 2.32. The molecule has 2 aliphatic rings. The van der Waals surface area contributed by atoms with Gasteiger partial charge in [0, 0.05) is 38.0 Å². The molecule has 47 heavy (non-hydrogen) atoms. The lowest BCUT2D eigenvalue weighted by Gasteiger charge is -2.34. The van der Waals surface area contributed by atoms with Gasteiger partial charge in [-0.1, -0.05) is 78.9 Å². The molecule has 9 nitrogen and oxygen atoms in total. The maximum Gasteiger partial charge on any atom is 0.243 e. The molecule has 12 heteroatoms. The Kier molecular flexibility index (Phi) is 11.9. The van der Waals surface area contributed by atoms with Gasteiger partial charge < -0.3 is 19.7 Å². The van der Waals surface area contributed by atoms with Crippen LogP contribution in [-0.2, 0) is 32.6 Å². The summed E-state index contributed by atoms with van der Waals surface area (Å²) in [6.45, 7) is 0.982. The zero-order valence-corrected chi connectivity index (χ0v) is 28.8. The fourth-order valence-electron chi connectivity index (χ4n) is 6.12. The van der Waals surface area contributed by atoms with Crippen molar-refractivity contribution in [3.05, 3.63) is 87.9 Å². The number of amides is 2. The molecule has 1 N–H and O–H groups in total. The highest BCUT2D eigenvalue weighted by atomic mass is 35.5. The number of rotatable bonds is 13. The first-order valence-electron chi connectivity index (χ1n) is 16.0. The quantitative estimate of drug-likeness (QED) is 0.221. The minimum absolute atomic E-state index is 0.0138. The molecule has 2 amide bonds. The average molecular weight is 703 g/mol. The number of benzene rings is 3. The van der Waals surface area contributed by atoms with E-state index in [9.17, 15) is 18.0 Å². The molecule has 0 saturated heterocycles. The minimum atomic E-state index is -3.69.